The van der Waals surface area contributed by atoms with E-state index < -0.39 is 0 Å². The first-order chi connectivity index (χ1) is 8.99. The number of amides is 1. The zero-order valence-corrected chi connectivity index (χ0v) is 12.5. The van der Waals surface area contributed by atoms with Crippen LogP contribution in [0.3, 0.4) is 0 Å². The number of halogens is 1. The fraction of sp³-hybridized carbons (Fsp3) is 0.533. The summed E-state index contributed by atoms with van der Waals surface area (Å²) in [6.45, 7) is 6.44. The minimum atomic E-state index is -0.252. The van der Waals surface area contributed by atoms with Crippen LogP contribution in [0, 0.1) is 12.3 Å². The molecule has 0 aliphatic rings. The molecule has 0 atom stereocenters. The van der Waals surface area contributed by atoms with E-state index >= 15 is 0 Å². The zero-order valence-electron chi connectivity index (χ0n) is 11.8. The molecule has 1 rings (SSSR count). The fourth-order valence-corrected chi connectivity index (χ4v) is 2.41. The Labute approximate surface area is 120 Å². The third-order valence-electron chi connectivity index (χ3n) is 3.89. The molecule has 19 heavy (non-hydrogen) atoms. The number of benzene rings is 1. The van der Waals surface area contributed by atoms with Crippen molar-refractivity contribution in [3.8, 4) is 5.75 Å². The van der Waals surface area contributed by atoms with Gasteiger partial charge < -0.3 is 10.4 Å². The highest BCUT2D eigenvalue weighted by atomic mass is 35.5. The number of alkyl halides is 1. The van der Waals surface area contributed by atoms with Crippen LogP contribution in [0.1, 0.15) is 42.6 Å². The van der Waals surface area contributed by atoms with Gasteiger partial charge in [-0.2, -0.15) is 0 Å². The first kappa shape index (κ1) is 15.8. The topological polar surface area (TPSA) is 49.3 Å². The summed E-state index contributed by atoms with van der Waals surface area (Å²) >= 11 is 6.01. The average molecular weight is 284 g/mol. The van der Waals surface area contributed by atoms with Crippen molar-refractivity contribution in [2.24, 2.45) is 5.41 Å². The van der Waals surface area contributed by atoms with Crippen molar-refractivity contribution in [1.82, 2.24) is 5.32 Å². The van der Waals surface area contributed by atoms with Gasteiger partial charge in [-0.05, 0) is 31.4 Å². The van der Waals surface area contributed by atoms with Gasteiger partial charge in [-0.15, -0.1) is 11.6 Å². The van der Waals surface area contributed by atoms with Crippen LogP contribution in [0.15, 0.2) is 18.2 Å². The highest BCUT2D eigenvalue weighted by Gasteiger charge is 2.26. The lowest BCUT2D eigenvalue weighted by molar-refractivity contribution is 0.0929. The standard InChI is InChI=1S/C15H22ClNO2/c1-4-15(5-2,9-16)10-17-14(19)12-8-6-7-11(3)13(12)18/h6-8,18H,4-5,9-10H2,1-3H3,(H,17,19). The predicted octanol–water partition coefficient (Wildman–Crippen LogP) is 3.48. The number of para-hydroxylation sites is 1. The number of carbonyl (C=O) groups excluding carboxylic acids is 1. The number of phenols is 1. The third-order valence-corrected chi connectivity index (χ3v) is 4.46. The van der Waals surface area contributed by atoms with Gasteiger partial charge in [0.25, 0.3) is 5.91 Å². The van der Waals surface area contributed by atoms with Crippen LogP contribution in [-0.2, 0) is 0 Å². The van der Waals surface area contributed by atoms with Crippen molar-refractivity contribution in [1.29, 1.82) is 0 Å². The van der Waals surface area contributed by atoms with Gasteiger partial charge in [0.15, 0.2) is 0 Å². The van der Waals surface area contributed by atoms with Crippen molar-refractivity contribution in [3.63, 3.8) is 0 Å². The van der Waals surface area contributed by atoms with E-state index in [0.717, 1.165) is 12.8 Å². The predicted molar refractivity (Wildman–Crippen MR) is 78.9 cm³/mol. The summed E-state index contributed by atoms with van der Waals surface area (Å²) < 4.78 is 0. The Kier molecular flexibility index (Phi) is 5.67. The average Bonchev–Trinajstić information content (AvgIpc) is 2.44. The van der Waals surface area contributed by atoms with Crippen LogP contribution in [0.5, 0.6) is 5.75 Å². The van der Waals surface area contributed by atoms with Crippen LogP contribution in [0.2, 0.25) is 0 Å². The minimum Gasteiger partial charge on any atom is -0.507 e. The molecule has 3 nitrogen and oxygen atoms in total. The summed E-state index contributed by atoms with van der Waals surface area (Å²) in [6.07, 6.45) is 1.82. The third kappa shape index (κ3) is 3.63. The van der Waals surface area contributed by atoms with E-state index in [1.165, 1.54) is 0 Å². The molecular weight excluding hydrogens is 262 g/mol. The normalized spacial score (nSPS) is 11.4. The number of phenolic OH excluding ortho intramolecular Hbond substituents is 1. The van der Waals surface area contributed by atoms with Crippen LogP contribution >= 0.6 is 11.6 Å². The quantitative estimate of drug-likeness (QED) is 0.785. The molecule has 0 heterocycles. The van der Waals surface area contributed by atoms with Crippen molar-refractivity contribution in [2.45, 2.75) is 33.6 Å². The Balaban J connectivity index is 2.78. The van der Waals surface area contributed by atoms with Gasteiger partial charge in [0.1, 0.15) is 5.75 Å². The zero-order chi connectivity index (χ0) is 14.5. The number of aryl methyl sites for hydroxylation is 1. The molecule has 0 saturated heterocycles. The largest absolute Gasteiger partial charge is 0.507 e. The molecule has 0 aromatic heterocycles. The smallest absolute Gasteiger partial charge is 0.255 e. The van der Waals surface area contributed by atoms with E-state index in [2.05, 4.69) is 19.2 Å². The first-order valence-corrected chi connectivity index (χ1v) is 7.16. The summed E-state index contributed by atoms with van der Waals surface area (Å²) in [5.74, 6) is 0.308. The molecule has 1 aromatic carbocycles. The molecule has 4 heteroatoms. The second kappa shape index (κ2) is 6.80. The van der Waals surface area contributed by atoms with E-state index in [1.807, 2.05) is 0 Å². The Hall–Kier alpha value is -1.22. The maximum atomic E-state index is 12.1. The van der Waals surface area contributed by atoms with Crippen molar-refractivity contribution in [2.75, 3.05) is 12.4 Å². The number of hydrogen-bond acceptors (Lipinski definition) is 2. The van der Waals surface area contributed by atoms with Crippen LogP contribution in [0.4, 0.5) is 0 Å². The van der Waals surface area contributed by atoms with Gasteiger partial charge in [-0.1, -0.05) is 26.0 Å². The van der Waals surface area contributed by atoms with E-state index in [0.29, 0.717) is 23.6 Å². The number of aromatic hydroxyl groups is 1. The molecule has 0 saturated carbocycles. The SMILES string of the molecule is CCC(CC)(CCl)CNC(=O)c1cccc(C)c1O. The van der Waals surface area contributed by atoms with Crippen LogP contribution in [0.25, 0.3) is 0 Å². The maximum Gasteiger partial charge on any atom is 0.255 e. The van der Waals surface area contributed by atoms with E-state index in [9.17, 15) is 9.90 Å². The van der Waals surface area contributed by atoms with E-state index in [-0.39, 0.29) is 17.1 Å². The molecule has 0 bridgehead atoms. The lowest BCUT2D eigenvalue weighted by atomic mass is 9.84. The summed E-state index contributed by atoms with van der Waals surface area (Å²) in [6, 6.07) is 5.16. The number of carbonyl (C=O) groups is 1. The molecule has 1 aromatic rings. The summed E-state index contributed by atoms with van der Waals surface area (Å²) in [5.41, 5.74) is 0.939. The van der Waals surface area contributed by atoms with Gasteiger partial charge in [-0.25, -0.2) is 0 Å². The van der Waals surface area contributed by atoms with Crippen LogP contribution < -0.4 is 5.32 Å². The summed E-state index contributed by atoms with van der Waals surface area (Å²) in [5, 5.41) is 12.8. The molecule has 0 radical (unpaired) electrons. The van der Waals surface area contributed by atoms with Gasteiger partial charge in [0, 0.05) is 17.8 Å². The molecule has 2 N–H and O–H groups in total. The highest BCUT2D eigenvalue weighted by molar-refractivity contribution is 6.18. The number of nitrogens with one attached hydrogen (secondary N) is 1. The number of rotatable bonds is 6. The Morgan fingerprint density at radius 1 is 1.37 bits per heavy atom. The summed E-state index contributed by atoms with van der Waals surface area (Å²) in [4.78, 5) is 12.1. The monoisotopic (exact) mass is 283 g/mol. The lowest BCUT2D eigenvalue weighted by Crippen LogP contribution is -2.38. The highest BCUT2D eigenvalue weighted by Crippen LogP contribution is 2.27. The van der Waals surface area contributed by atoms with Gasteiger partial charge in [-0.3, -0.25) is 4.79 Å². The minimum absolute atomic E-state index is 0.0458. The van der Waals surface area contributed by atoms with Crippen molar-refractivity contribution in [3.05, 3.63) is 29.3 Å². The fourth-order valence-electron chi connectivity index (χ4n) is 1.94. The van der Waals surface area contributed by atoms with Gasteiger partial charge in [0.2, 0.25) is 0 Å². The molecule has 0 spiro atoms. The molecule has 0 aliphatic carbocycles. The first-order valence-electron chi connectivity index (χ1n) is 6.62. The van der Waals surface area contributed by atoms with Gasteiger partial charge >= 0.3 is 0 Å². The van der Waals surface area contributed by atoms with Crippen molar-refractivity contribution < 1.29 is 9.90 Å². The van der Waals surface area contributed by atoms with E-state index in [1.54, 1.807) is 25.1 Å². The summed E-state index contributed by atoms with van der Waals surface area (Å²) in [7, 11) is 0. The van der Waals surface area contributed by atoms with E-state index in [4.69, 9.17) is 11.6 Å². The number of hydrogen-bond donors (Lipinski definition) is 2. The van der Waals surface area contributed by atoms with Crippen molar-refractivity contribution >= 4 is 17.5 Å². The second-order valence-electron chi connectivity index (χ2n) is 4.99. The molecule has 1 amide bonds. The molecular formula is C15H22ClNO2. The molecule has 0 fully saturated rings. The Morgan fingerprint density at radius 2 is 2.00 bits per heavy atom. The Bertz CT molecular complexity index is 434. The molecule has 0 aliphatic heterocycles. The maximum absolute atomic E-state index is 12.1. The second-order valence-corrected chi connectivity index (χ2v) is 5.26. The molecule has 106 valence electrons. The van der Waals surface area contributed by atoms with Gasteiger partial charge in [0.05, 0.1) is 5.56 Å². The lowest BCUT2D eigenvalue weighted by Gasteiger charge is -2.29. The van der Waals surface area contributed by atoms with Crippen LogP contribution in [-0.4, -0.2) is 23.4 Å². The Morgan fingerprint density at radius 3 is 2.53 bits per heavy atom. The molecule has 0 unspecified atom stereocenters.